The Labute approximate surface area is 97.8 Å². The molecule has 1 rings (SSSR count). The number of aromatic nitrogens is 3. The first kappa shape index (κ1) is 12.9. The van der Waals surface area contributed by atoms with Gasteiger partial charge in [0.05, 0.1) is 0 Å². The van der Waals surface area contributed by atoms with Crippen LogP contribution in [0.25, 0.3) is 0 Å². The molecule has 0 amide bonds. The van der Waals surface area contributed by atoms with E-state index in [9.17, 15) is 0 Å². The number of hydrogen-bond donors (Lipinski definition) is 1. The van der Waals surface area contributed by atoms with Gasteiger partial charge in [0.15, 0.2) is 0 Å². The van der Waals surface area contributed by atoms with Gasteiger partial charge < -0.3 is 9.88 Å². The minimum atomic E-state index is 0.415. The smallest absolute Gasteiger partial charge is 0.119 e. The van der Waals surface area contributed by atoms with Crippen molar-refractivity contribution in [1.29, 1.82) is 0 Å². The molecular weight excluding hydrogens is 200 g/mol. The van der Waals surface area contributed by atoms with E-state index in [0.717, 1.165) is 13.0 Å². The Bertz CT molecular complexity index is 294. The van der Waals surface area contributed by atoms with Gasteiger partial charge in [-0.1, -0.05) is 13.0 Å². The molecule has 0 saturated carbocycles. The fourth-order valence-electron chi connectivity index (χ4n) is 1.77. The van der Waals surface area contributed by atoms with E-state index in [4.69, 9.17) is 0 Å². The molecule has 0 aliphatic carbocycles. The monoisotopic (exact) mass is 222 g/mol. The quantitative estimate of drug-likeness (QED) is 0.716. The van der Waals surface area contributed by atoms with Crippen molar-refractivity contribution in [3.8, 4) is 0 Å². The van der Waals surface area contributed by atoms with Gasteiger partial charge in [0.2, 0.25) is 0 Å². The topological polar surface area (TPSA) is 42.7 Å². The highest BCUT2D eigenvalue weighted by molar-refractivity contribution is 4.79. The zero-order valence-electron chi connectivity index (χ0n) is 10.4. The first-order chi connectivity index (χ1) is 7.63. The van der Waals surface area contributed by atoms with Crippen LogP contribution in [0.2, 0.25) is 0 Å². The number of nitrogens with zero attached hydrogens (tertiary/aromatic N) is 3. The molecular formula is C12H22N4. The maximum Gasteiger partial charge on any atom is 0.119 e. The molecule has 3 unspecified atom stereocenters. The van der Waals surface area contributed by atoms with E-state index in [-0.39, 0.29) is 0 Å². The van der Waals surface area contributed by atoms with Gasteiger partial charge in [-0.05, 0) is 26.2 Å². The lowest BCUT2D eigenvalue weighted by Crippen LogP contribution is -2.40. The average Bonchev–Trinajstić information content (AvgIpc) is 2.70. The van der Waals surface area contributed by atoms with Gasteiger partial charge in [-0.2, -0.15) is 0 Å². The van der Waals surface area contributed by atoms with Gasteiger partial charge in [-0.15, -0.1) is 16.8 Å². The third-order valence-electron chi connectivity index (χ3n) is 2.89. The van der Waals surface area contributed by atoms with E-state index in [1.165, 1.54) is 0 Å². The Morgan fingerprint density at radius 2 is 1.94 bits per heavy atom. The molecule has 0 spiro atoms. The van der Waals surface area contributed by atoms with Gasteiger partial charge in [0.1, 0.15) is 12.7 Å². The van der Waals surface area contributed by atoms with Crippen molar-refractivity contribution in [2.24, 2.45) is 5.92 Å². The summed E-state index contributed by atoms with van der Waals surface area (Å²) in [7, 11) is 0. The third-order valence-corrected chi connectivity index (χ3v) is 2.89. The van der Waals surface area contributed by atoms with Gasteiger partial charge >= 0.3 is 0 Å². The summed E-state index contributed by atoms with van der Waals surface area (Å²) in [5.41, 5.74) is 0. The highest BCUT2D eigenvalue weighted by Gasteiger charge is 2.13. The summed E-state index contributed by atoms with van der Waals surface area (Å²) in [6, 6.07) is 0.905. The second kappa shape index (κ2) is 6.43. The van der Waals surface area contributed by atoms with Gasteiger partial charge in [-0.25, -0.2) is 0 Å². The van der Waals surface area contributed by atoms with Crippen molar-refractivity contribution < 1.29 is 0 Å². The van der Waals surface area contributed by atoms with Crippen LogP contribution in [-0.4, -0.2) is 26.8 Å². The molecule has 1 N–H and O–H groups in total. The van der Waals surface area contributed by atoms with Crippen LogP contribution in [0.15, 0.2) is 25.3 Å². The average molecular weight is 222 g/mol. The summed E-state index contributed by atoms with van der Waals surface area (Å²) in [4.78, 5) is 0. The molecule has 0 aliphatic rings. The molecule has 0 aliphatic heterocycles. The van der Waals surface area contributed by atoms with Crippen LogP contribution in [0.4, 0.5) is 0 Å². The lowest BCUT2D eigenvalue weighted by atomic mass is 9.99. The third kappa shape index (κ3) is 4.14. The zero-order valence-corrected chi connectivity index (χ0v) is 10.4. The van der Waals surface area contributed by atoms with E-state index in [1.54, 1.807) is 12.7 Å². The molecule has 0 radical (unpaired) electrons. The van der Waals surface area contributed by atoms with Crippen LogP contribution in [0.1, 0.15) is 27.2 Å². The molecule has 0 fully saturated rings. The summed E-state index contributed by atoms with van der Waals surface area (Å²) < 4.78 is 1.99. The van der Waals surface area contributed by atoms with Crippen LogP contribution < -0.4 is 5.32 Å². The Morgan fingerprint density at radius 1 is 1.31 bits per heavy atom. The van der Waals surface area contributed by atoms with Crippen LogP contribution in [0, 0.1) is 5.92 Å². The summed E-state index contributed by atoms with van der Waals surface area (Å²) in [6.07, 6.45) is 6.52. The molecule has 90 valence electrons. The second-order valence-corrected chi connectivity index (χ2v) is 4.52. The minimum Gasteiger partial charge on any atom is -0.319 e. The zero-order chi connectivity index (χ0) is 12.0. The summed E-state index contributed by atoms with van der Waals surface area (Å²) in [6.45, 7) is 11.3. The van der Waals surface area contributed by atoms with Crippen molar-refractivity contribution in [3.05, 3.63) is 25.3 Å². The molecule has 4 nitrogen and oxygen atoms in total. The Hall–Kier alpha value is -1.16. The lowest BCUT2D eigenvalue weighted by molar-refractivity contribution is 0.346. The van der Waals surface area contributed by atoms with Crippen LogP contribution in [0.5, 0.6) is 0 Å². The fraction of sp³-hybridized carbons (Fsp3) is 0.667. The van der Waals surface area contributed by atoms with Crippen LogP contribution >= 0.6 is 0 Å². The van der Waals surface area contributed by atoms with Gasteiger partial charge in [-0.3, -0.25) is 0 Å². The molecule has 0 saturated heterocycles. The molecule has 4 heteroatoms. The SMILES string of the molecule is C=CCC(C)C(C)NC(C)Cn1cnnc1. The van der Waals surface area contributed by atoms with Crippen molar-refractivity contribution in [1.82, 2.24) is 20.1 Å². The summed E-state index contributed by atoms with van der Waals surface area (Å²) >= 11 is 0. The van der Waals surface area contributed by atoms with E-state index in [0.29, 0.717) is 18.0 Å². The van der Waals surface area contributed by atoms with Gasteiger partial charge in [0.25, 0.3) is 0 Å². The van der Waals surface area contributed by atoms with E-state index < -0.39 is 0 Å². The largest absolute Gasteiger partial charge is 0.319 e. The predicted molar refractivity (Wildman–Crippen MR) is 66.1 cm³/mol. The van der Waals surface area contributed by atoms with Crippen molar-refractivity contribution >= 4 is 0 Å². The highest BCUT2D eigenvalue weighted by atomic mass is 15.2. The molecule has 1 aromatic rings. The molecule has 0 bridgehead atoms. The lowest BCUT2D eigenvalue weighted by Gasteiger charge is -2.24. The van der Waals surface area contributed by atoms with Crippen molar-refractivity contribution in [3.63, 3.8) is 0 Å². The van der Waals surface area contributed by atoms with E-state index in [1.807, 2.05) is 10.6 Å². The first-order valence-electron chi connectivity index (χ1n) is 5.82. The number of nitrogens with one attached hydrogen (secondary N) is 1. The maximum atomic E-state index is 3.79. The summed E-state index contributed by atoms with van der Waals surface area (Å²) in [5.74, 6) is 0.612. The maximum absolute atomic E-state index is 3.79. The normalized spacial score (nSPS) is 16.7. The Morgan fingerprint density at radius 3 is 2.50 bits per heavy atom. The Kier molecular flexibility index (Phi) is 5.19. The first-order valence-corrected chi connectivity index (χ1v) is 5.82. The Balaban J connectivity index is 2.33. The number of allylic oxidation sites excluding steroid dienone is 1. The standard InChI is InChI=1S/C12H22N4/c1-5-6-10(2)12(4)15-11(3)7-16-8-13-14-9-16/h5,8-12,15H,1,6-7H2,2-4H3. The van der Waals surface area contributed by atoms with Crippen molar-refractivity contribution in [2.75, 3.05) is 0 Å². The van der Waals surface area contributed by atoms with Crippen LogP contribution in [0.3, 0.4) is 0 Å². The molecule has 16 heavy (non-hydrogen) atoms. The van der Waals surface area contributed by atoms with Crippen LogP contribution in [-0.2, 0) is 6.54 Å². The summed E-state index contributed by atoms with van der Waals surface area (Å²) in [5, 5.41) is 11.2. The van der Waals surface area contributed by atoms with Gasteiger partial charge in [0, 0.05) is 18.6 Å². The van der Waals surface area contributed by atoms with Crippen molar-refractivity contribution in [2.45, 2.75) is 45.8 Å². The van der Waals surface area contributed by atoms with E-state index >= 15 is 0 Å². The second-order valence-electron chi connectivity index (χ2n) is 4.52. The molecule has 1 heterocycles. The number of hydrogen-bond acceptors (Lipinski definition) is 3. The molecule has 0 aromatic carbocycles. The fourth-order valence-corrected chi connectivity index (χ4v) is 1.77. The van der Waals surface area contributed by atoms with E-state index in [2.05, 4.69) is 42.9 Å². The predicted octanol–water partition coefficient (Wildman–Crippen LogP) is 1.86. The molecule has 1 aromatic heterocycles. The number of rotatable bonds is 7. The molecule has 3 atom stereocenters. The minimum absolute atomic E-state index is 0.415. The highest BCUT2D eigenvalue weighted by Crippen LogP contribution is 2.09.